The molecule has 3 heteroatoms. The number of hydrogen-bond donors (Lipinski definition) is 2. The van der Waals surface area contributed by atoms with Gasteiger partial charge in [-0.25, -0.2) is 0 Å². The molecule has 0 amide bonds. The number of carbonyl (C=O) groups is 1. The average molecular weight is 256 g/mol. The van der Waals surface area contributed by atoms with E-state index in [0.717, 1.165) is 12.8 Å². The van der Waals surface area contributed by atoms with E-state index in [1.165, 1.54) is 11.1 Å². The Balaban J connectivity index is 0. The molecule has 0 atom stereocenters. The van der Waals surface area contributed by atoms with Gasteiger partial charge in [-0.3, -0.25) is 4.79 Å². The predicted molar refractivity (Wildman–Crippen MR) is 76.6 cm³/mol. The van der Waals surface area contributed by atoms with E-state index in [-0.39, 0.29) is 18.9 Å². The maximum Gasteiger partial charge on any atom is 0.303 e. The summed E-state index contributed by atoms with van der Waals surface area (Å²) in [6, 6.07) is 0. The zero-order chi connectivity index (χ0) is 14.6. The van der Waals surface area contributed by atoms with Crippen LogP contribution in [0.2, 0.25) is 0 Å². The summed E-state index contributed by atoms with van der Waals surface area (Å²) in [7, 11) is 0. The van der Waals surface area contributed by atoms with Crippen LogP contribution in [0.4, 0.5) is 0 Å². The van der Waals surface area contributed by atoms with Gasteiger partial charge in [0, 0.05) is 6.42 Å². The third-order valence-electron chi connectivity index (χ3n) is 2.11. The van der Waals surface area contributed by atoms with E-state index in [0.29, 0.717) is 0 Å². The average Bonchev–Trinajstić information content (AvgIpc) is 2.15. The summed E-state index contributed by atoms with van der Waals surface area (Å²) in [5.74, 6) is -0.438. The molecule has 0 saturated carbocycles. The van der Waals surface area contributed by atoms with Gasteiger partial charge in [-0.15, -0.1) is 0 Å². The molecule has 0 spiro atoms. The summed E-state index contributed by atoms with van der Waals surface area (Å²) in [6.45, 7) is 10.2. The molecule has 0 aromatic heterocycles. The van der Waals surface area contributed by atoms with Crippen LogP contribution < -0.4 is 0 Å². The fraction of sp³-hybridized carbons (Fsp3) is 0.667. The van der Waals surface area contributed by atoms with Gasteiger partial charge in [-0.2, -0.15) is 0 Å². The molecule has 0 heterocycles. The van der Waals surface area contributed by atoms with Gasteiger partial charge in [0.05, 0.1) is 6.61 Å². The monoisotopic (exact) mass is 256 g/mol. The van der Waals surface area contributed by atoms with E-state index in [9.17, 15) is 4.79 Å². The predicted octanol–water partition coefficient (Wildman–Crippen LogP) is 3.79. The van der Waals surface area contributed by atoms with E-state index in [1.807, 2.05) is 19.9 Å². The van der Waals surface area contributed by atoms with Gasteiger partial charge in [-0.1, -0.05) is 37.1 Å². The highest BCUT2D eigenvalue weighted by Gasteiger charge is 1.98. The number of aliphatic carboxylic acids is 1. The second-order valence-corrected chi connectivity index (χ2v) is 5.04. The molecule has 0 bridgehead atoms. The number of hydrogen-bond acceptors (Lipinski definition) is 2. The van der Waals surface area contributed by atoms with Crippen molar-refractivity contribution < 1.29 is 15.0 Å². The van der Waals surface area contributed by atoms with Crippen LogP contribution in [0.3, 0.4) is 0 Å². The van der Waals surface area contributed by atoms with Crippen molar-refractivity contribution in [3.63, 3.8) is 0 Å². The smallest absolute Gasteiger partial charge is 0.303 e. The second kappa shape index (κ2) is 12.4. The summed E-state index contributed by atoms with van der Waals surface area (Å²) < 4.78 is 0. The Morgan fingerprint density at radius 1 is 1.17 bits per heavy atom. The van der Waals surface area contributed by atoms with E-state index >= 15 is 0 Å². The fourth-order valence-corrected chi connectivity index (χ4v) is 1.20. The molecule has 0 rings (SSSR count). The van der Waals surface area contributed by atoms with Crippen molar-refractivity contribution in [2.45, 2.75) is 53.9 Å². The first-order chi connectivity index (χ1) is 8.29. The van der Waals surface area contributed by atoms with E-state index in [2.05, 4.69) is 26.8 Å². The van der Waals surface area contributed by atoms with Crippen molar-refractivity contribution in [1.82, 2.24) is 0 Å². The summed E-state index contributed by atoms with van der Waals surface area (Å²) in [4.78, 5) is 9.81. The van der Waals surface area contributed by atoms with E-state index in [4.69, 9.17) is 10.2 Å². The minimum atomic E-state index is -0.713. The molecule has 106 valence electrons. The number of rotatable bonds is 6. The molecule has 0 saturated heterocycles. The molecule has 0 aliphatic heterocycles. The minimum absolute atomic E-state index is 0.167. The van der Waals surface area contributed by atoms with Gasteiger partial charge >= 0.3 is 5.97 Å². The lowest BCUT2D eigenvalue weighted by Gasteiger charge is -1.96. The number of allylic oxidation sites excluding steroid dienone is 3. The first-order valence-electron chi connectivity index (χ1n) is 6.41. The number of carboxylic acid groups (broad SMARTS) is 1. The normalized spacial score (nSPS) is 10.7. The Morgan fingerprint density at radius 2 is 1.72 bits per heavy atom. The van der Waals surface area contributed by atoms with Crippen LogP contribution in [0.5, 0.6) is 0 Å². The molecule has 3 nitrogen and oxygen atoms in total. The second-order valence-electron chi connectivity index (χ2n) is 5.04. The largest absolute Gasteiger partial charge is 0.481 e. The summed E-state index contributed by atoms with van der Waals surface area (Å²) in [5.41, 5.74) is 2.63. The molecule has 2 N–H and O–H groups in total. The minimum Gasteiger partial charge on any atom is -0.481 e. The molecule has 0 unspecified atom stereocenters. The van der Waals surface area contributed by atoms with E-state index < -0.39 is 5.97 Å². The Hall–Kier alpha value is -1.09. The Bertz CT molecular complexity index is 271. The first kappa shape index (κ1) is 19.3. The molecule has 0 aromatic rings. The molecular formula is C15H28O3. The SMILES string of the molecule is CC(C)=CCC/C(C)=C/CO.CC(C)CC(=O)O. The zero-order valence-corrected chi connectivity index (χ0v) is 12.4. The van der Waals surface area contributed by atoms with Crippen molar-refractivity contribution in [3.8, 4) is 0 Å². The highest BCUT2D eigenvalue weighted by Crippen LogP contribution is 2.05. The lowest BCUT2D eigenvalue weighted by molar-refractivity contribution is -0.137. The number of aliphatic hydroxyl groups excluding tert-OH is 1. The Morgan fingerprint density at radius 3 is 2.00 bits per heavy atom. The topological polar surface area (TPSA) is 57.5 Å². The van der Waals surface area contributed by atoms with Crippen LogP contribution in [-0.4, -0.2) is 22.8 Å². The fourth-order valence-electron chi connectivity index (χ4n) is 1.20. The highest BCUT2D eigenvalue weighted by atomic mass is 16.4. The van der Waals surface area contributed by atoms with Crippen molar-refractivity contribution in [2.75, 3.05) is 6.61 Å². The van der Waals surface area contributed by atoms with Crippen LogP contribution in [0.15, 0.2) is 23.3 Å². The quantitative estimate of drug-likeness (QED) is 0.711. The van der Waals surface area contributed by atoms with Crippen molar-refractivity contribution in [1.29, 1.82) is 0 Å². The lowest BCUT2D eigenvalue weighted by Crippen LogP contribution is -1.99. The molecular weight excluding hydrogens is 228 g/mol. The molecule has 0 aliphatic carbocycles. The van der Waals surface area contributed by atoms with Crippen molar-refractivity contribution in [2.24, 2.45) is 5.92 Å². The van der Waals surface area contributed by atoms with Gasteiger partial charge < -0.3 is 10.2 Å². The molecule has 0 fully saturated rings. The zero-order valence-electron chi connectivity index (χ0n) is 12.4. The van der Waals surface area contributed by atoms with Crippen LogP contribution in [0, 0.1) is 5.92 Å². The Labute approximate surface area is 111 Å². The summed E-state index contributed by atoms with van der Waals surface area (Å²) in [5, 5.41) is 16.6. The highest BCUT2D eigenvalue weighted by molar-refractivity contribution is 5.66. The van der Waals surface area contributed by atoms with Crippen molar-refractivity contribution >= 4 is 5.97 Å². The maximum atomic E-state index is 9.81. The summed E-state index contributed by atoms with van der Waals surface area (Å²) >= 11 is 0. The third kappa shape index (κ3) is 20.3. The van der Waals surface area contributed by atoms with Crippen LogP contribution >= 0.6 is 0 Å². The standard InChI is InChI=1S/C10H18O.C5H10O2/c1-9(2)5-4-6-10(3)7-8-11;1-4(2)3-5(6)7/h5,7,11H,4,6,8H2,1-3H3;4H,3H2,1-2H3,(H,6,7)/b10-7+;. The van der Waals surface area contributed by atoms with Gasteiger partial charge in [-0.05, 0) is 39.5 Å². The van der Waals surface area contributed by atoms with Crippen LogP contribution in [0.1, 0.15) is 53.9 Å². The van der Waals surface area contributed by atoms with Gasteiger partial charge in [0.2, 0.25) is 0 Å². The molecule has 0 aromatic carbocycles. The van der Waals surface area contributed by atoms with Crippen LogP contribution in [0.25, 0.3) is 0 Å². The third-order valence-corrected chi connectivity index (χ3v) is 2.11. The number of aliphatic hydroxyl groups is 1. The molecule has 0 radical (unpaired) electrons. The van der Waals surface area contributed by atoms with E-state index in [1.54, 1.807) is 0 Å². The number of carboxylic acids is 1. The van der Waals surface area contributed by atoms with Gasteiger partial charge in [0.1, 0.15) is 0 Å². The maximum absolute atomic E-state index is 9.81. The molecule has 18 heavy (non-hydrogen) atoms. The van der Waals surface area contributed by atoms with Gasteiger partial charge in [0.15, 0.2) is 0 Å². The summed E-state index contributed by atoms with van der Waals surface area (Å²) in [6.07, 6.45) is 6.50. The van der Waals surface area contributed by atoms with Gasteiger partial charge in [0.25, 0.3) is 0 Å². The lowest BCUT2D eigenvalue weighted by atomic mass is 10.1. The van der Waals surface area contributed by atoms with Crippen LogP contribution in [-0.2, 0) is 4.79 Å². The van der Waals surface area contributed by atoms with Crippen molar-refractivity contribution in [3.05, 3.63) is 23.3 Å². The first-order valence-corrected chi connectivity index (χ1v) is 6.41. The molecule has 0 aliphatic rings. The Kier molecular flexibility index (Phi) is 13.2.